The Labute approximate surface area is 96.7 Å². The Morgan fingerprint density at radius 3 is 2.29 bits per heavy atom. The number of hydrogen-bond acceptors (Lipinski definition) is 2. The first-order valence-corrected chi connectivity index (χ1v) is 11.5. The van der Waals surface area contributed by atoms with E-state index < -0.39 is 19.1 Å². The number of halogens is 2. The van der Waals surface area contributed by atoms with Crippen molar-refractivity contribution < 1.29 is 11.0 Å². The second-order valence-corrected chi connectivity index (χ2v) is 14.6. The third kappa shape index (κ3) is 2.95. The molecule has 14 heavy (non-hydrogen) atoms. The maximum atomic E-state index is 6.00. The third-order valence-electron chi connectivity index (χ3n) is 1.69. The molecule has 0 aliphatic carbocycles. The zero-order valence-electron chi connectivity index (χ0n) is 8.35. The van der Waals surface area contributed by atoms with Crippen LogP contribution < -0.4 is 14.6 Å². The SMILES string of the molecule is C[Si](C)(C)c1nccc[c]1[Co]([NH2])([Cl])[Cl]. The van der Waals surface area contributed by atoms with Gasteiger partial charge in [0.25, 0.3) is 0 Å². The van der Waals surface area contributed by atoms with Gasteiger partial charge in [-0.2, -0.15) is 0 Å². The van der Waals surface area contributed by atoms with Crippen LogP contribution in [0.5, 0.6) is 0 Å². The van der Waals surface area contributed by atoms with Crippen LogP contribution in [-0.2, 0) is 11.0 Å². The van der Waals surface area contributed by atoms with Crippen LogP contribution in [-0.4, -0.2) is 13.1 Å². The molecule has 0 amide bonds. The van der Waals surface area contributed by atoms with Gasteiger partial charge in [0, 0.05) is 0 Å². The molecule has 1 aromatic heterocycles. The Kier molecular flexibility index (Phi) is 3.67. The molecule has 83 valence electrons. The monoisotopic (exact) mass is 295 g/mol. The second-order valence-electron chi connectivity index (χ2n) is 3.98. The predicted molar refractivity (Wildman–Crippen MR) is 62.7 cm³/mol. The summed E-state index contributed by atoms with van der Waals surface area (Å²) < 4.78 is 0.834. The summed E-state index contributed by atoms with van der Waals surface area (Å²) in [5.41, 5.74) is 0. The molecule has 2 nitrogen and oxygen atoms in total. The minimum atomic E-state index is -2.47. The fraction of sp³-hybridized carbons (Fsp3) is 0.375. The van der Waals surface area contributed by atoms with E-state index in [-0.39, 0.29) is 0 Å². The molecule has 6 heteroatoms. The molecule has 0 unspecified atom stereocenters. The van der Waals surface area contributed by atoms with Gasteiger partial charge in [-0.15, -0.1) is 0 Å². The molecular weight excluding hydrogens is 282 g/mol. The molecule has 0 saturated heterocycles. The van der Waals surface area contributed by atoms with Crippen molar-refractivity contribution in [2.75, 3.05) is 0 Å². The average molecular weight is 296 g/mol. The molecule has 0 radical (unpaired) electrons. The summed E-state index contributed by atoms with van der Waals surface area (Å²) >= 11 is -2.47. The van der Waals surface area contributed by atoms with E-state index in [1.807, 2.05) is 12.1 Å². The average Bonchev–Trinajstić information content (AvgIpc) is 2.01. The zero-order chi connectivity index (χ0) is 11.0. The molecule has 0 bridgehead atoms. The third-order valence-corrected chi connectivity index (χ3v) is 6.02. The van der Waals surface area contributed by atoms with Crippen LogP contribution in [0.2, 0.25) is 19.6 Å². The quantitative estimate of drug-likeness (QED) is 0.842. The van der Waals surface area contributed by atoms with Gasteiger partial charge in [0.05, 0.1) is 0 Å². The summed E-state index contributed by atoms with van der Waals surface area (Å²) in [6, 6.07) is 3.71. The zero-order valence-corrected chi connectivity index (χ0v) is 11.9. The van der Waals surface area contributed by atoms with Crippen molar-refractivity contribution in [2.24, 2.45) is 4.78 Å². The van der Waals surface area contributed by atoms with Crippen LogP contribution in [0.15, 0.2) is 18.3 Å². The number of aromatic nitrogens is 1. The minimum absolute atomic E-state index is 0.834. The summed E-state index contributed by atoms with van der Waals surface area (Å²) in [6.45, 7) is 6.59. The van der Waals surface area contributed by atoms with Gasteiger partial charge in [0.15, 0.2) is 0 Å². The fourth-order valence-corrected chi connectivity index (χ4v) is 6.04. The molecule has 0 atom stereocenters. The van der Waals surface area contributed by atoms with Crippen LogP contribution in [0.4, 0.5) is 0 Å². The normalized spacial score (nSPS) is 14.1. The Hall–Kier alpha value is 0.413. The van der Waals surface area contributed by atoms with Gasteiger partial charge >= 0.3 is 96.9 Å². The molecule has 0 aliphatic heterocycles. The van der Waals surface area contributed by atoms with Gasteiger partial charge in [-0.25, -0.2) is 0 Å². The van der Waals surface area contributed by atoms with E-state index in [0.29, 0.717) is 0 Å². The van der Waals surface area contributed by atoms with Crippen LogP contribution in [0.25, 0.3) is 0 Å². The summed E-state index contributed by atoms with van der Waals surface area (Å²) in [6.07, 6.45) is 1.76. The number of pyridine rings is 1. The molecule has 0 aliphatic rings. The van der Waals surface area contributed by atoms with Crippen molar-refractivity contribution in [3.8, 4) is 0 Å². The van der Waals surface area contributed by atoms with E-state index in [9.17, 15) is 0 Å². The van der Waals surface area contributed by atoms with Gasteiger partial charge < -0.3 is 0 Å². The number of rotatable bonds is 2. The summed E-state index contributed by atoms with van der Waals surface area (Å²) in [4.78, 5) is 10.1. The van der Waals surface area contributed by atoms with Crippen molar-refractivity contribution in [1.82, 2.24) is 4.98 Å². The van der Waals surface area contributed by atoms with Crippen molar-refractivity contribution in [3.05, 3.63) is 18.3 Å². The van der Waals surface area contributed by atoms with Gasteiger partial charge in [0.1, 0.15) is 0 Å². The molecule has 1 aromatic rings. The molecule has 1 heterocycles. The Morgan fingerprint density at radius 2 is 1.93 bits per heavy atom. The van der Waals surface area contributed by atoms with E-state index >= 15 is 0 Å². The number of hydrogen-bond donors (Lipinski definition) is 1. The molecule has 0 spiro atoms. The van der Waals surface area contributed by atoms with Crippen LogP contribution in [0, 0.1) is 0 Å². The predicted octanol–water partition coefficient (Wildman–Crippen LogP) is 1.59. The first-order valence-electron chi connectivity index (χ1n) is 4.05. The summed E-state index contributed by atoms with van der Waals surface area (Å²) in [5, 5.41) is 1.01. The van der Waals surface area contributed by atoms with E-state index in [0.717, 1.165) is 9.82 Å². The van der Waals surface area contributed by atoms with Gasteiger partial charge in [-0.3, -0.25) is 0 Å². The first-order chi connectivity index (χ1) is 6.23. The van der Waals surface area contributed by atoms with Crippen LogP contribution in [0.3, 0.4) is 0 Å². The Balaban J connectivity index is 3.31. The van der Waals surface area contributed by atoms with Gasteiger partial charge in [-0.05, 0) is 0 Å². The van der Waals surface area contributed by atoms with E-state index in [1.54, 1.807) is 6.20 Å². The van der Waals surface area contributed by atoms with Gasteiger partial charge in [-0.1, -0.05) is 0 Å². The van der Waals surface area contributed by atoms with E-state index in [4.69, 9.17) is 25.1 Å². The van der Waals surface area contributed by atoms with E-state index in [2.05, 4.69) is 24.6 Å². The second kappa shape index (κ2) is 4.11. The van der Waals surface area contributed by atoms with Crippen molar-refractivity contribution >= 4 is 38.2 Å². The van der Waals surface area contributed by atoms with Crippen molar-refractivity contribution in [3.63, 3.8) is 0 Å². The molecule has 2 N–H and O–H groups in total. The van der Waals surface area contributed by atoms with Crippen molar-refractivity contribution in [1.29, 1.82) is 0 Å². The molecule has 1 rings (SSSR count). The topological polar surface area (TPSA) is 38.9 Å². The molecule has 0 saturated carbocycles. The summed E-state index contributed by atoms with van der Waals surface area (Å²) in [7, 11) is 10.5. The number of nitrogens with zero attached hydrogens (tertiary/aromatic N) is 1. The fourth-order valence-electron chi connectivity index (χ4n) is 1.09. The summed E-state index contributed by atoms with van der Waals surface area (Å²) in [5.74, 6) is 0. The van der Waals surface area contributed by atoms with Crippen LogP contribution in [0.1, 0.15) is 0 Å². The van der Waals surface area contributed by atoms with Gasteiger partial charge in [0.2, 0.25) is 0 Å². The molecule has 0 aromatic carbocycles. The van der Waals surface area contributed by atoms with Crippen molar-refractivity contribution in [2.45, 2.75) is 19.6 Å². The first kappa shape index (κ1) is 12.5. The Morgan fingerprint density at radius 1 is 1.36 bits per heavy atom. The molecular formula is C8H14Cl2CoN2Si. The number of nitrogens with two attached hydrogens (primary N) is 1. The Bertz CT molecular complexity index is 300. The van der Waals surface area contributed by atoms with E-state index in [1.165, 1.54) is 0 Å². The molecule has 0 fully saturated rings. The maximum absolute atomic E-state index is 6.00. The van der Waals surface area contributed by atoms with Crippen LogP contribution >= 0.6 is 20.3 Å². The standard InChI is InChI=1S/C8H12NSi.2ClH.Co.H2N/c1-10(2,3)8-6-4-5-7-9-8;;;;/h4-5,7H,1-3H3;2*1H;;1H2/q;;;+3;-1/p-2.